The van der Waals surface area contributed by atoms with E-state index < -0.39 is 17.9 Å². The lowest BCUT2D eigenvalue weighted by molar-refractivity contribution is -0.146. The van der Waals surface area contributed by atoms with Gasteiger partial charge in [-0.2, -0.15) is 0 Å². The number of nitrogens with one attached hydrogen (secondary N) is 2. The van der Waals surface area contributed by atoms with E-state index in [1.54, 1.807) is 31.2 Å². The lowest BCUT2D eigenvalue weighted by atomic mass is 10.2. The molecular formula is C14H17BrN2O4. The molecule has 0 saturated heterocycles. The first kappa shape index (κ1) is 17.2. The van der Waals surface area contributed by atoms with Crippen LogP contribution in [0.5, 0.6) is 0 Å². The van der Waals surface area contributed by atoms with Crippen LogP contribution >= 0.6 is 15.9 Å². The van der Waals surface area contributed by atoms with Gasteiger partial charge in [-0.05, 0) is 32.0 Å². The molecule has 6 nitrogen and oxygen atoms in total. The minimum atomic E-state index is -0.750. The SMILES string of the molecule is CCOC(=O)C(C)NC(=O)CNC(=O)c1cccc(Br)c1. The fraction of sp³-hybridized carbons (Fsp3) is 0.357. The molecule has 0 radical (unpaired) electrons. The summed E-state index contributed by atoms with van der Waals surface area (Å²) in [4.78, 5) is 34.8. The van der Waals surface area contributed by atoms with Gasteiger partial charge in [0.05, 0.1) is 13.2 Å². The van der Waals surface area contributed by atoms with E-state index in [0.717, 1.165) is 4.47 Å². The Morgan fingerprint density at radius 3 is 2.67 bits per heavy atom. The van der Waals surface area contributed by atoms with E-state index >= 15 is 0 Å². The van der Waals surface area contributed by atoms with Gasteiger partial charge in [-0.25, -0.2) is 4.79 Å². The van der Waals surface area contributed by atoms with E-state index in [0.29, 0.717) is 5.56 Å². The van der Waals surface area contributed by atoms with E-state index in [4.69, 9.17) is 4.74 Å². The Morgan fingerprint density at radius 2 is 2.05 bits per heavy atom. The molecule has 1 atom stereocenters. The van der Waals surface area contributed by atoms with Crippen LogP contribution in [0, 0.1) is 0 Å². The predicted molar refractivity (Wildman–Crippen MR) is 80.7 cm³/mol. The van der Waals surface area contributed by atoms with Crippen LogP contribution in [0.3, 0.4) is 0 Å². The van der Waals surface area contributed by atoms with Crippen molar-refractivity contribution in [3.63, 3.8) is 0 Å². The molecule has 2 N–H and O–H groups in total. The number of rotatable bonds is 6. The van der Waals surface area contributed by atoms with E-state index in [1.165, 1.54) is 6.92 Å². The summed E-state index contributed by atoms with van der Waals surface area (Å²) in [6.45, 7) is 3.24. The molecule has 114 valence electrons. The summed E-state index contributed by atoms with van der Waals surface area (Å²) < 4.78 is 5.54. The highest BCUT2D eigenvalue weighted by Gasteiger charge is 2.17. The van der Waals surface area contributed by atoms with Gasteiger partial charge < -0.3 is 15.4 Å². The molecule has 21 heavy (non-hydrogen) atoms. The van der Waals surface area contributed by atoms with Crippen LogP contribution < -0.4 is 10.6 Å². The van der Waals surface area contributed by atoms with E-state index in [1.807, 2.05) is 0 Å². The lowest BCUT2D eigenvalue weighted by Crippen LogP contribution is -2.44. The molecule has 0 aliphatic carbocycles. The molecule has 2 amide bonds. The van der Waals surface area contributed by atoms with Gasteiger partial charge in [0.2, 0.25) is 5.91 Å². The van der Waals surface area contributed by atoms with Crippen LogP contribution in [0.15, 0.2) is 28.7 Å². The molecule has 7 heteroatoms. The first-order valence-corrected chi connectivity index (χ1v) is 7.23. The van der Waals surface area contributed by atoms with Crippen molar-refractivity contribution in [1.82, 2.24) is 10.6 Å². The van der Waals surface area contributed by atoms with Crippen LogP contribution in [0.4, 0.5) is 0 Å². The monoisotopic (exact) mass is 356 g/mol. The number of amides is 2. The Labute approximate surface area is 131 Å². The van der Waals surface area contributed by atoms with Gasteiger partial charge in [0, 0.05) is 10.0 Å². The summed E-state index contributed by atoms with van der Waals surface area (Å²) in [6.07, 6.45) is 0. The van der Waals surface area contributed by atoms with E-state index in [-0.39, 0.29) is 19.1 Å². The van der Waals surface area contributed by atoms with Crippen molar-refractivity contribution in [2.45, 2.75) is 19.9 Å². The second-order valence-corrected chi connectivity index (χ2v) is 5.15. The molecular weight excluding hydrogens is 340 g/mol. The second kappa shape index (κ2) is 8.41. The van der Waals surface area contributed by atoms with Gasteiger partial charge in [-0.15, -0.1) is 0 Å². The van der Waals surface area contributed by atoms with Gasteiger partial charge in [0.1, 0.15) is 6.04 Å². The summed E-state index contributed by atoms with van der Waals surface area (Å²) in [5.41, 5.74) is 0.440. The Bertz CT molecular complexity index is 533. The largest absolute Gasteiger partial charge is 0.464 e. The normalized spacial score (nSPS) is 11.4. The molecule has 0 spiro atoms. The number of benzene rings is 1. The Balaban J connectivity index is 2.42. The number of carbonyl (C=O) groups is 3. The number of esters is 1. The van der Waals surface area contributed by atoms with Crippen molar-refractivity contribution in [3.05, 3.63) is 34.3 Å². The minimum absolute atomic E-state index is 0.213. The first-order chi connectivity index (χ1) is 9.93. The number of halogens is 1. The number of hydrogen-bond donors (Lipinski definition) is 2. The average Bonchev–Trinajstić information content (AvgIpc) is 2.45. The highest BCUT2D eigenvalue weighted by atomic mass is 79.9. The zero-order valence-corrected chi connectivity index (χ0v) is 13.4. The van der Waals surface area contributed by atoms with Crippen molar-refractivity contribution in [2.75, 3.05) is 13.2 Å². The topological polar surface area (TPSA) is 84.5 Å². The highest BCUT2D eigenvalue weighted by molar-refractivity contribution is 9.10. The lowest BCUT2D eigenvalue weighted by Gasteiger charge is -2.13. The van der Waals surface area contributed by atoms with Crippen LogP contribution in [-0.2, 0) is 14.3 Å². The van der Waals surface area contributed by atoms with Gasteiger partial charge in [-0.1, -0.05) is 22.0 Å². The van der Waals surface area contributed by atoms with E-state index in [9.17, 15) is 14.4 Å². The average molecular weight is 357 g/mol. The zero-order valence-electron chi connectivity index (χ0n) is 11.8. The van der Waals surface area contributed by atoms with Crippen molar-refractivity contribution >= 4 is 33.7 Å². The molecule has 0 heterocycles. The van der Waals surface area contributed by atoms with Crippen molar-refractivity contribution in [2.24, 2.45) is 0 Å². The molecule has 0 fully saturated rings. The molecule has 1 rings (SSSR count). The number of carbonyl (C=O) groups excluding carboxylic acids is 3. The van der Waals surface area contributed by atoms with Gasteiger partial charge in [0.25, 0.3) is 5.91 Å². The maximum Gasteiger partial charge on any atom is 0.328 e. The Kier molecular flexibility index (Phi) is 6.87. The Hall–Kier alpha value is -1.89. The number of hydrogen-bond acceptors (Lipinski definition) is 4. The van der Waals surface area contributed by atoms with Crippen LogP contribution in [-0.4, -0.2) is 37.0 Å². The van der Waals surface area contributed by atoms with Gasteiger partial charge >= 0.3 is 5.97 Å². The molecule has 1 unspecified atom stereocenters. The molecule has 0 aliphatic rings. The van der Waals surface area contributed by atoms with Crippen molar-refractivity contribution in [1.29, 1.82) is 0 Å². The summed E-state index contributed by atoms with van der Waals surface area (Å²) in [7, 11) is 0. The maximum atomic E-state index is 11.8. The molecule has 1 aromatic rings. The molecule has 0 aromatic heterocycles. The van der Waals surface area contributed by atoms with Crippen molar-refractivity contribution in [3.8, 4) is 0 Å². The summed E-state index contributed by atoms with van der Waals surface area (Å²) >= 11 is 3.26. The minimum Gasteiger partial charge on any atom is -0.464 e. The number of ether oxygens (including phenoxy) is 1. The smallest absolute Gasteiger partial charge is 0.328 e. The summed E-state index contributed by atoms with van der Waals surface area (Å²) in [6, 6.07) is 6.06. The Morgan fingerprint density at radius 1 is 1.33 bits per heavy atom. The molecule has 0 bridgehead atoms. The maximum absolute atomic E-state index is 11.8. The van der Waals surface area contributed by atoms with Crippen LogP contribution in [0.25, 0.3) is 0 Å². The standard InChI is InChI=1S/C14H17BrN2O4/c1-3-21-14(20)9(2)17-12(18)8-16-13(19)10-5-4-6-11(15)7-10/h4-7,9H,3,8H2,1-2H3,(H,16,19)(H,17,18). The third-order valence-electron chi connectivity index (χ3n) is 2.51. The highest BCUT2D eigenvalue weighted by Crippen LogP contribution is 2.11. The van der Waals surface area contributed by atoms with Crippen LogP contribution in [0.1, 0.15) is 24.2 Å². The summed E-state index contributed by atoms with van der Waals surface area (Å²) in [5, 5.41) is 4.92. The van der Waals surface area contributed by atoms with Crippen LogP contribution in [0.2, 0.25) is 0 Å². The van der Waals surface area contributed by atoms with Gasteiger partial charge in [0.15, 0.2) is 0 Å². The quantitative estimate of drug-likeness (QED) is 0.751. The first-order valence-electron chi connectivity index (χ1n) is 6.43. The summed E-state index contributed by atoms with van der Waals surface area (Å²) in [5.74, 6) is -1.33. The third kappa shape index (κ3) is 5.95. The third-order valence-corrected chi connectivity index (χ3v) is 3.01. The van der Waals surface area contributed by atoms with Gasteiger partial charge in [-0.3, -0.25) is 9.59 Å². The fourth-order valence-corrected chi connectivity index (χ4v) is 1.91. The molecule has 0 aliphatic heterocycles. The van der Waals surface area contributed by atoms with Crippen molar-refractivity contribution < 1.29 is 19.1 Å². The molecule has 1 aromatic carbocycles. The second-order valence-electron chi connectivity index (χ2n) is 4.23. The molecule has 0 saturated carbocycles. The zero-order chi connectivity index (χ0) is 15.8. The predicted octanol–water partition coefficient (Wildman–Crippen LogP) is 1.25. The fourth-order valence-electron chi connectivity index (χ4n) is 1.51. The van der Waals surface area contributed by atoms with E-state index in [2.05, 4.69) is 26.6 Å².